The van der Waals surface area contributed by atoms with Crippen LogP contribution in [0.2, 0.25) is 0 Å². The topological polar surface area (TPSA) is 28.2 Å². The number of rotatable bonds is 8. The minimum absolute atomic E-state index is 0.523. The van der Waals surface area contributed by atoms with Gasteiger partial charge in [-0.2, -0.15) is 0 Å². The van der Waals surface area contributed by atoms with E-state index in [-0.39, 0.29) is 0 Å². The van der Waals surface area contributed by atoms with Gasteiger partial charge >= 0.3 is 0 Å². The van der Waals surface area contributed by atoms with Gasteiger partial charge in [-0.15, -0.1) is 0 Å². The SMILES string of the molecule is CCCN(Cc1ccc(CNC(C)C)cn1)C1CC1. The quantitative estimate of drug-likeness (QED) is 0.780. The second-order valence-corrected chi connectivity index (χ2v) is 5.90. The van der Waals surface area contributed by atoms with E-state index in [4.69, 9.17) is 0 Å². The van der Waals surface area contributed by atoms with E-state index in [2.05, 4.69) is 48.1 Å². The molecule has 1 aliphatic rings. The monoisotopic (exact) mass is 261 g/mol. The fourth-order valence-electron chi connectivity index (χ4n) is 2.30. The van der Waals surface area contributed by atoms with Crippen LogP contribution in [0.25, 0.3) is 0 Å². The summed E-state index contributed by atoms with van der Waals surface area (Å²) < 4.78 is 0. The van der Waals surface area contributed by atoms with Crippen LogP contribution in [0.1, 0.15) is 51.3 Å². The standard InChI is InChI=1S/C16H27N3/c1-4-9-19(16-7-8-16)12-15-6-5-14(11-18-15)10-17-13(2)3/h5-6,11,13,16-17H,4,7-10,12H2,1-3H3. The van der Waals surface area contributed by atoms with Gasteiger partial charge < -0.3 is 5.32 Å². The Morgan fingerprint density at radius 1 is 1.37 bits per heavy atom. The maximum Gasteiger partial charge on any atom is 0.0544 e. The molecule has 1 aromatic heterocycles. The van der Waals surface area contributed by atoms with Crippen LogP contribution in [0, 0.1) is 0 Å². The van der Waals surface area contributed by atoms with Crippen molar-refractivity contribution in [2.45, 2.75) is 65.2 Å². The normalized spacial score (nSPS) is 15.4. The molecule has 0 bridgehead atoms. The highest BCUT2D eigenvalue weighted by atomic mass is 15.2. The molecule has 2 rings (SSSR count). The first kappa shape index (κ1) is 14.5. The molecule has 1 aliphatic carbocycles. The summed E-state index contributed by atoms with van der Waals surface area (Å²) in [4.78, 5) is 7.18. The van der Waals surface area contributed by atoms with Gasteiger partial charge in [0, 0.05) is 31.4 Å². The van der Waals surface area contributed by atoms with Crippen molar-refractivity contribution >= 4 is 0 Å². The molecule has 0 unspecified atom stereocenters. The van der Waals surface area contributed by atoms with E-state index in [1.807, 2.05) is 6.20 Å². The van der Waals surface area contributed by atoms with Crippen molar-refractivity contribution in [2.75, 3.05) is 6.54 Å². The number of hydrogen-bond acceptors (Lipinski definition) is 3. The summed E-state index contributed by atoms with van der Waals surface area (Å²) in [6.45, 7) is 9.70. The Morgan fingerprint density at radius 2 is 2.16 bits per heavy atom. The van der Waals surface area contributed by atoms with Gasteiger partial charge in [-0.25, -0.2) is 0 Å². The molecule has 0 aliphatic heterocycles. The minimum atomic E-state index is 0.523. The van der Waals surface area contributed by atoms with Crippen molar-refractivity contribution < 1.29 is 0 Å². The summed E-state index contributed by atoms with van der Waals surface area (Å²) >= 11 is 0. The lowest BCUT2D eigenvalue weighted by Gasteiger charge is -2.20. The second kappa shape index (κ2) is 7.01. The molecule has 1 heterocycles. The summed E-state index contributed by atoms with van der Waals surface area (Å²) in [7, 11) is 0. The Kier molecular flexibility index (Phi) is 5.34. The highest BCUT2D eigenvalue weighted by Gasteiger charge is 2.28. The van der Waals surface area contributed by atoms with E-state index < -0.39 is 0 Å². The molecule has 106 valence electrons. The molecule has 1 saturated carbocycles. The van der Waals surface area contributed by atoms with Crippen molar-refractivity contribution in [3.8, 4) is 0 Å². The summed E-state index contributed by atoms with van der Waals surface area (Å²) in [6, 6.07) is 5.73. The predicted molar refractivity (Wildman–Crippen MR) is 79.9 cm³/mol. The summed E-state index contributed by atoms with van der Waals surface area (Å²) in [5.41, 5.74) is 2.47. The van der Waals surface area contributed by atoms with Crippen LogP contribution in [-0.4, -0.2) is 28.5 Å². The molecule has 0 radical (unpaired) electrons. The van der Waals surface area contributed by atoms with Crippen LogP contribution in [-0.2, 0) is 13.1 Å². The number of nitrogens with one attached hydrogen (secondary N) is 1. The first-order chi connectivity index (χ1) is 9.19. The smallest absolute Gasteiger partial charge is 0.0544 e. The van der Waals surface area contributed by atoms with Crippen LogP contribution in [0.3, 0.4) is 0 Å². The van der Waals surface area contributed by atoms with Crippen LogP contribution in [0.5, 0.6) is 0 Å². The molecule has 0 spiro atoms. The highest BCUT2D eigenvalue weighted by molar-refractivity contribution is 5.14. The summed E-state index contributed by atoms with van der Waals surface area (Å²) in [5, 5.41) is 3.42. The molecule has 3 heteroatoms. The second-order valence-electron chi connectivity index (χ2n) is 5.90. The highest BCUT2D eigenvalue weighted by Crippen LogP contribution is 2.28. The third kappa shape index (κ3) is 4.92. The molecular formula is C16H27N3. The Morgan fingerprint density at radius 3 is 2.68 bits per heavy atom. The van der Waals surface area contributed by atoms with Gasteiger partial charge in [-0.05, 0) is 37.4 Å². The van der Waals surface area contributed by atoms with Gasteiger partial charge in [0.05, 0.1) is 5.69 Å². The molecular weight excluding hydrogens is 234 g/mol. The number of aromatic nitrogens is 1. The number of hydrogen-bond donors (Lipinski definition) is 1. The molecule has 0 amide bonds. The zero-order chi connectivity index (χ0) is 13.7. The van der Waals surface area contributed by atoms with Gasteiger partial charge in [0.15, 0.2) is 0 Å². The third-order valence-electron chi connectivity index (χ3n) is 3.54. The van der Waals surface area contributed by atoms with Crippen molar-refractivity contribution in [3.05, 3.63) is 29.6 Å². The third-order valence-corrected chi connectivity index (χ3v) is 3.54. The molecule has 1 aromatic rings. The molecule has 0 atom stereocenters. The number of pyridine rings is 1. The Hall–Kier alpha value is -0.930. The van der Waals surface area contributed by atoms with Gasteiger partial charge in [-0.1, -0.05) is 26.8 Å². The molecule has 1 fully saturated rings. The molecule has 1 N–H and O–H groups in total. The van der Waals surface area contributed by atoms with Crippen molar-refractivity contribution in [2.24, 2.45) is 0 Å². The molecule has 0 aromatic carbocycles. The van der Waals surface area contributed by atoms with Crippen LogP contribution in [0.4, 0.5) is 0 Å². The van der Waals surface area contributed by atoms with Crippen LogP contribution < -0.4 is 5.32 Å². The Bertz CT molecular complexity index is 368. The Balaban J connectivity index is 1.86. The van der Waals surface area contributed by atoms with E-state index in [1.165, 1.54) is 37.1 Å². The van der Waals surface area contributed by atoms with E-state index in [1.54, 1.807) is 0 Å². The average Bonchev–Trinajstić information content (AvgIpc) is 3.21. The maximum atomic E-state index is 4.61. The average molecular weight is 261 g/mol. The fourth-order valence-corrected chi connectivity index (χ4v) is 2.30. The van der Waals surface area contributed by atoms with E-state index >= 15 is 0 Å². The van der Waals surface area contributed by atoms with E-state index in [9.17, 15) is 0 Å². The lowest BCUT2D eigenvalue weighted by molar-refractivity contribution is 0.252. The van der Waals surface area contributed by atoms with E-state index in [0.29, 0.717) is 6.04 Å². The summed E-state index contributed by atoms with van der Waals surface area (Å²) in [5.74, 6) is 0. The van der Waals surface area contributed by atoms with Gasteiger partial charge in [-0.3, -0.25) is 9.88 Å². The fraction of sp³-hybridized carbons (Fsp3) is 0.688. The predicted octanol–water partition coefficient (Wildman–Crippen LogP) is 2.95. The molecule has 0 saturated heterocycles. The molecule has 3 nitrogen and oxygen atoms in total. The zero-order valence-electron chi connectivity index (χ0n) is 12.5. The lowest BCUT2D eigenvalue weighted by atomic mass is 10.2. The largest absolute Gasteiger partial charge is 0.310 e. The minimum Gasteiger partial charge on any atom is -0.310 e. The van der Waals surface area contributed by atoms with Crippen molar-refractivity contribution in [1.29, 1.82) is 0 Å². The first-order valence-corrected chi connectivity index (χ1v) is 7.60. The van der Waals surface area contributed by atoms with Crippen molar-refractivity contribution in [3.63, 3.8) is 0 Å². The van der Waals surface area contributed by atoms with Gasteiger partial charge in [0.25, 0.3) is 0 Å². The van der Waals surface area contributed by atoms with Gasteiger partial charge in [0.1, 0.15) is 0 Å². The number of nitrogens with zero attached hydrogens (tertiary/aromatic N) is 2. The Labute approximate surface area is 117 Å². The van der Waals surface area contributed by atoms with E-state index in [0.717, 1.165) is 19.1 Å². The van der Waals surface area contributed by atoms with Gasteiger partial charge in [0.2, 0.25) is 0 Å². The lowest BCUT2D eigenvalue weighted by Crippen LogP contribution is -2.27. The van der Waals surface area contributed by atoms with Crippen LogP contribution in [0.15, 0.2) is 18.3 Å². The maximum absolute atomic E-state index is 4.61. The van der Waals surface area contributed by atoms with Crippen LogP contribution >= 0.6 is 0 Å². The zero-order valence-corrected chi connectivity index (χ0v) is 12.5. The first-order valence-electron chi connectivity index (χ1n) is 7.60. The van der Waals surface area contributed by atoms with Crippen molar-refractivity contribution in [1.82, 2.24) is 15.2 Å². The molecule has 19 heavy (non-hydrogen) atoms. The summed E-state index contributed by atoms with van der Waals surface area (Å²) in [6.07, 6.45) is 5.99.